The molecule has 0 spiro atoms. The normalized spacial score (nSPS) is 12.6. The zero-order chi connectivity index (χ0) is 9.84. The molecule has 0 saturated heterocycles. The van der Waals surface area contributed by atoms with Crippen LogP contribution in [0.1, 0.15) is 17.4 Å². The minimum atomic E-state index is 1.12. The monoisotopic (exact) mass is 190 g/mol. The summed E-state index contributed by atoms with van der Waals surface area (Å²) in [6.45, 7) is 11.9. The largest absolute Gasteiger partial charge is 0.136 e. The summed E-state index contributed by atoms with van der Waals surface area (Å²) in [5.74, 6) is 0. The van der Waals surface area contributed by atoms with Crippen molar-refractivity contribution in [3.63, 3.8) is 0 Å². The Hall–Kier alpha value is -1.08. The summed E-state index contributed by atoms with van der Waals surface area (Å²) in [4.78, 5) is 1.29. The maximum Gasteiger partial charge on any atom is 0.0345 e. The SMILES string of the molecule is C=C/C=c1/sc(/C=C\C)c(C)c1=C. The van der Waals surface area contributed by atoms with E-state index in [1.54, 1.807) is 17.4 Å². The Morgan fingerprint density at radius 3 is 2.62 bits per heavy atom. The smallest absolute Gasteiger partial charge is 0.0345 e. The summed E-state index contributed by atoms with van der Waals surface area (Å²) in [6.07, 6.45) is 7.98. The summed E-state index contributed by atoms with van der Waals surface area (Å²) < 4.78 is 1.21. The first-order chi connectivity index (χ1) is 6.20. The van der Waals surface area contributed by atoms with E-state index < -0.39 is 0 Å². The number of rotatable bonds is 2. The Morgan fingerprint density at radius 2 is 2.08 bits per heavy atom. The molecule has 68 valence electrons. The third-order valence-electron chi connectivity index (χ3n) is 1.93. The van der Waals surface area contributed by atoms with E-state index in [2.05, 4.69) is 32.2 Å². The van der Waals surface area contributed by atoms with Crippen LogP contribution >= 0.6 is 11.3 Å². The fourth-order valence-electron chi connectivity index (χ4n) is 1.14. The molecule has 0 amide bonds. The summed E-state index contributed by atoms with van der Waals surface area (Å²) in [6, 6.07) is 0. The quantitative estimate of drug-likeness (QED) is 0.672. The van der Waals surface area contributed by atoms with Gasteiger partial charge in [-0.25, -0.2) is 0 Å². The van der Waals surface area contributed by atoms with Crippen molar-refractivity contribution in [2.75, 3.05) is 0 Å². The average Bonchev–Trinajstić information content (AvgIpc) is 2.36. The number of hydrogen-bond donors (Lipinski definition) is 0. The van der Waals surface area contributed by atoms with Crippen molar-refractivity contribution in [1.82, 2.24) is 0 Å². The van der Waals surface area contributed by atoms with Gasteiger partial charge in [-0.1, -0.05) is 25.3 Å². The van der Waals surface area contributed by atoms with Gasteiger partial charge in [0.05, 0.1) is 0 Å². The van der Waals surface area contributed by atoms with Crippen LogP contribution in [0.25, 0.3) is 18.7 Å². The van der Waals surface area contributed by atoms with Gasteiger partial charge in [-0.3, -0.25) is 0 Å². The Bertz CT molecular complexity index is 432. The molecule has 1 aromatic heterocycles. The van der Waals surface area contributed by atoms with Crippen LogP contribution in [0.3, 0.4) is 0 Å². The van der Waals surface area contributed by atoms with Crippen molar-refractivity contribution >= 4 is 30.1 Å². The van der Waals surface area contributed by atoms with Gasteiger partial charge in [0.15, 0.2) is 0 Å². The summed E-state index contributed by atoms with van der Waals surface area (Å²) in [5, 5.41) is 1.12. The molecule has 1 heteroatoms. The van der Waals surface area contributed by atoms with Crippen molar-refractivity contribution in [2.45, 2.75) is 13.8 Å². The lowest BCUT2D eigenvalue weighted by Gasteiger charge is -1.85. The van der Waals surface area contributed by atoms with Crippen LogP contribution in [0.2, 0.25) is 0 Å². The maximum absolute atomic E-state index is 4.04. The zero-order valence-electron chi connectivity index (χ0n) is 8.13. The van der Waals surface area contributed by atoms with Crippen LogP contribution in [-0.2, 0) is 0 Å². The molecule has 0 unspecified atom stereocenters. The zero-order valence-corrected chi connectivity index (χ0v) is 8.95. The molecule has 0 N–H and O–H groups in total. The maximum atomic E-state index is 4.04. The molecular formula is C12H14S. The minimum Gasteiger partial charge on any atom is -0.136 e. The van der Waals surface area contributed by atoms with E-state index in [0.717, 1.165) is 5.22 Å². The molecule has 0 aliphatic heterocycles. The number of hydrogen-bond acceptors (Lipinski definition) is 1. The first-order valence-corrected chi connectivity index (χ1v) is 5.06. The second-order valence-electron chi connectivity index (χ2n) is 2.84. The van der Waals surface area contributed by atoms with E-state index in [4.69, 9.17) is 0 Å². The van der Waals surface area contributed by atoms with Gasteiger partial charge in [0.2, 0.25) is 0 Å². The molecular weight excluding hydrogens is 176 g/mol. The predicted molar refractivity (Wildman–Crippen MR) is 63.2 cm³/mol. The van der Waals surface area contributed by atoms with Crippen molar-refractivity contribution < 1.29 is 0 Å². The van der Waals surface area contributed by atoms with Gasteiger partial charge in [0.1, 0.15) is 0 Å². The van der Waals surface area contributed by atoms with E-state index >= 15 is 0 Å². The van der Waals surface area contributed by atoms with Crippen molar-refractivity contribution in [3.8, 4) is 0 Å². The van der Waals surface area contributed by atoms with Gasteiger partial charge in [-0.2, -0.15) is 0 Å². The molecule has 0 aromatic carbocycles. The van der Waals surface area contributed by atoms with Crippen molar-refractivity contribution in [2.24, 2.45) is 0 Å². The molecule has 0 atom stereocenters. The molecule has 1 aromatic rings. The van der Waals surface area contributed by atoms with Gasteiger partial charge in [0, 0.05) is 9.41 Å². The molecule has 0 nitrogen and oxygen atoms in total. The Labute approximate surface area is 83.2 Å². The lowest BCUT2D eigenvalue weighted by molar-refractivity contribution is 1.46. The topological polar surface area (TPSA) is 0 Å². The van der Waals surface area contributed by atoms with E-state index in [1.807, 2.05) is 13.0 Å². The standard InChI is InChI=1S/C12H14S/c1-5-7-11-9(3)10(4)12(13-11)8-6-2/h5-8H,1,3H2,2,4H3/b8-6-,11-7+. The van der Waals surface area contributed by atoms with Gasteiger partial charge in [0.25, 0.3) is 0 Å². The number of thiophene rings is 1. The summed E-state index contributed by atoms with van der Waals surface area (Å²) in [5.41, 5.74) is 1.27. The highest BCUT2D eigenvalue weighted by atomic mass is 32.1. The Balaban J connectivity index is 3.45. The highest BCUT2D eigenvalue weighted by molar-refractivity contribution is 7.11. The van der Waals surface area contributed by atoms with Crippen LogP contribution in [0.5, 0.6) is 0 Å². The lowest BCUT2D eigenvalue weighted by Crippen LogP contribution is -2.17. The van der Waals surface area contributed by atoms with Gasteiger partial charge in [-0.15, -0.1) is 11.3 Å². The summed E-state index contributed by atoms with van der Waals surface area (Å²) in [7, 11) is 0. The first-order valence-electron chi connectivity index (χ1n) is 4.24. The molecule has 0 bridgehead atoms. The van der Waals surface area contributed by atoms with E-state index in [9.17, 15) is 0 Å². The minimum absolute atomic E-state index is 1.12. The molecule has 0 fully saturated rings. The number of allylic oxidation sites excluding steroid dienone is 2. The molecule has 0 aliphatic rings. The van der Waals surface area contributed by atoms with Gasteiger partial charge >= 0.3 is 0 Å². The third-order valence-corrected chi connectivity index (χ3v) is 3.19. The van der Waals surface area contributed by atoms with Crippen LogP contribution in [0.4, 0.5) is 0 Å². The highest BCUT2D eigenvalue weighted by Gasteiger charge is 1.98. The second-order valence-corrected chi connectivity index (χ2v) is 3.92. The van der Waals surface area contributed by atoms with E-state index in [-0.39, 0.29) is 0 Å². The fraction of sp³-hybridized carbons (Fsp3) is 0.167. The van der Waals surface area contributed by atoms with Crippen LogP contribution in [0, 0.1) is 6.92 Å². The van der Waals surface area contributed by atoms with Crippen LogP contribution in [-0.4, -0.2) is 0 Å². The fourth-order valence-corrected chi connectivity index (χ4v) is 2.30. The lowest BCUT2D eigenvalue weighted by atomic mass is 10.2. The highest BCUT2D eigenvalue weighted by Crippen LogP contribution is 2.08. The van der Waals surface area contributed by atoms with Crippen molar-refractivity contribution in [1.29, 1.82) is 0 Å². The molecule has 13 heavy (non-hydrogen) atoms. The Kier molecular flexibility index (Phi) is 3.26. The van der Waals surface area contributed by atoms with E-state index in [0.29, 0.717) is 0 Å². The van der Waals surface area contributed by atoms with Crippen LogP contribution < -0.4 is 9.75 Å². The summed E-state index contributed by atoms with van der Waals surface area (Å²) >= 11 is 1.76. The molecule has 1 heterocycles. The molecule has 0 radical (unpaired) electrons. The molecule has 0 saturated carbocycles. The molecule has 1 rings (SSSR count). The van der Waals surface area contributed by atoms with Gasteiger partial charge in [-0.05, 0) is 36.8 Å². The second kappa shape index (κ2) is 4.24. The third kappa shape index (κ3) is 1.99. The molecule has 0 aliphatic carbocycles. The van der Waals surface area contributed by atoms with Gasteiger partial charge < -0.3 is 0 Å². The predicted octanol–water partition coefficient (Wildman–Crippen LogP) is 2.47. The van der Waals surface area contributed by atoms with Crippen LogP contribution in [0.15, 0.2) is 18.7 Å². The first kappa shape index (κ1) is 10.0. The average molecular weight is 190 g/mol. The Morgan fingerprint density at radius 1 is 1.38 bits per heavy atom. The van der Waals surface area contributed by atoms with E-state index in [1.165, 1.54) is 15.0 Å². The van der Waals surface area contributed by atoms with Crippen molar-refractivity contribution in [3.05, 3.63) is 38.9 Å².